The molecule has 0 radical (unpaired) electrons. The largest absolute Gasteiger partial charge is 0.467 e. The number of unbranched alkanes of at least 4 members (excludes halogenated alkanes) is 2. The van der Waals surface area contributed by atoms with Gasteiger partial charge in [0.25, 0.3) is 11.8 Å². The van der Waals surface area contributed by atoms with E-state index in [9.17, 15) is 19.5 Å². The maximum atomic E-state index is 13.7. The van der Waals surface area contributed by atoms with Gasteiger partial charge in [0, 0.05) is 17.7 Å². The van der Waals surface area contributed by atoms with E-state index in [2.05, 4.69) is 22.2 Å². The number of fused-ring (bicyclic) bond motifs is 1. The fraction of sp³-hybridized carbons (Fsp3) is 0.324. The Balaban J connectivity index is 1.35. The van der Waals surface area contributed by atoms with Gasteiger partial charge in [-0.15, -0.1) is 0 Å². The molecule has 1 aliphatic heterocycles. The van der Waals surface area contributed by atoms with Crippen LogP contribution in [0.4, 0.5) is 5.82 Å². The van der Waals surface area contributed by atoms with E-state index in [1.165, 1.54) is 19.5 Å². The number of carbonyl (C=O) groups is 3. The van der Waals surface area contributed by atoms with Gasteiger partial charge in [-0.3, -0.25) is 14.6 Å². The van der Waals surface area contributed by atoms with Crippen molar-refractivity contribution in [1.82, 2.24) is 14.9 Å². The summed E-state index contributed by atoms with van der Waals surface area (Å²) in [5.41, 5.74) is 2.54. The summed E-state index contributed by atoms with van der Waals surface area (Å²) in [6.07, 6.45) is 7.24. The molecular weight excluding hydrogens is 580 g/mol. The van der Waals surface area contributed by atoms with Gasteiger partial charge in [-0.05, 0) is 47.1 Å². The lowest BCUT2D eigenvalue weighted by Gasteiger charge is -2.28. The van der Waals surface area contributed by atoms with Crippen LogP contribution in [-0.2, 0) is 32.9 Å². The topological polar surface area (TPSA) is 122 Å². The summed E-state index contributed by atoms with van der Waals surface area (Å²) in [6, 6.07) is 21.1. The number of hydrogen-bond donors (Lipinski definition) is 2. The zero-order chi connectivity index (χ0) is 32.8. The highest BCUT2D eigenvalue weighted by Gasteiger charge is 2.41. The number of amides is 2. The lowest BCUT2D eigenvalue weighted by atomic mass is 9.85. The number of rotatable bonds is 12. The highest BCUT2D eigenvalue weighted by Crippen LogP contribution is 2.33. The SMILES string of the molecule is CCCCCc1ccc(C(O)(C(=O)Nc2cnc(-c3ccc4c(c3)C(=O)N([C@H](C(=O)OC)C(C)C)C4)cn2)c2ccccc2)cc1. The van der Waals surface area contributed by atoms with E-state index < -0.39 is 23.5 Å². The molecule has 238 valence electrons. The summed E-state index contributed by atoms with van der Waals surface area (Å²) in [5.74, 6) is -1.30. The second-order valence-electron chi connectivity index (χ2n) is 12.0. The molecule has 2 heterocycles. The van der Waals surface area contributed by atoms with Crippen LogP contribution in [0.2, 0.25) is 0 Å². The Labute approximate surface area is 269 Å². The third kappa shape index (κ3) is 6.55. The molecule has 0 saturated carbocycles. The van der Waals surface area contributed by atoms with Crippen molar-refractivity contribution in [2.75, 3.05) is 12.4 Å². The number of methoxy groups -OCH3 is 1. The Morgan fingerprint density at radius 1 is 0.978 bits per heavy atom. The second kappa shape index (κ2) is 14.0. The van der Waals surface area contributed by atoms with E-state index in [0.29, 0.717) is 34.5 Å². The molecule has 5 rings (SSSR count). The Hall–Kier alpha value is -4.89. The van der Waals surface area contributed by atoms with Crippen molar-refractivity contribution < 1.29 is 24.2 Å². The predicted molar refractivity (Wildman–Crippen MR) is 176 cm³/mol. The molecule has 9 heteroatoms. The number of aliphatic hydroxyl groups is 1. The van der Waals surface area contributed by atoms with Gasteiger partial charge in [0.1, 0.15) is 6.04 Å². The monoisotopic (exact) mass is 620 g/mol. The first kappa shape index (κ1) is 32.5. The Morgan fingerprint density at radius 2 is 1.70 bits per heavy atom. The minimum absolute atomic E-state index is 0.117. The molecule has 9 nitrogen and oxygen atoms in total. The Kier molecular flexibility index (Phi) is 9.92. The van der Waals surface area contributed by atoms with Crippen molar-refractivity contribution in [3.8, 4) is 11.3 Å². The Morgan fingerprint density at radius 3 is 2.33 bits per heavy atom. The van der Waals surface area contributed by atoms with Crippen LogP contribution in [0.5, 0.6) is 0 Å². The minimum atomic E-state index is -1.96. The number of benzene rings is 3. The van der Waals surface area contributed by atoms with Gasteiger partial charge >= 0.3 is 5.97 Å². The molecule has 0 bridgehead atoms. The third-order valence-electron chi connectivity index (χ3n) is 8.50. The van der Waals surface area contributed by atoms with Crippen molar-refractivity contribution >= 4 is 23.6 Å². The first-order chi connectivity index (χ1) is 22.2. The highest BCUT2D eigenvalue weighted by molar-refractivity contribution is 6.02. The lowest BCUT2D eigenvalue weighted by molar-refractivity contribution is -0.147. The number of nitrogens with zero attached hydrogens (tertiary/aromatic N) is 3. The molecule has 2 atom stereocenters. The highest BCUT2D eigenvalue weighted by atomic mass is 16.5. The summed E-state index contributed by atoms with van der Waals surface area (Å²) in [5, 5.41) is 14.7. The van der Waals surface area contributed by atoms with Crippen LogP contribution >= 0.6 is 0 Å². The molecule has 0 saturated heterocycles. The van der Waals surface area contributed by atoms with Crippen molar-refractivity contribution in [1.29, 1.82) is 0 Å². The number of carbonyl (C=O) groups excluding carboxylic acids is 3. The number of aryl methyl sites for hydroxylation is 1. The fourth-order valence-electron chi connectivity index (χ4n) is 5.94. The van der Waals surface area contributed by atoms with Crippen LogP contribution in [0, 0.1) is 5.92 Å². The summed E-state index contributed by atoms with van der Waals surface area (Å²) >= 11 is 0. The molecule has 3 aromatic carbocycles. The average Bonchev–Trinajstić information content (AvgIpc) is 3.39. The van der Waals surface area contributed by atoms with Gasteiger partial charge in [-0.1, -0.05) is 100 Å². The standard InChI is InChI=1S/C37H40N4O5/c1-5-6-8-11-25-14-18-29(19-15-25)37(45,28-12-9-7-10-13-28)36(44)40-32-22-38-31(21-39-32)26-16-17-27-23-41(34(42)30(27)20-26)33(24(2)3)35(43)46-4/h7,9-10,12-22,24,33,45H,5-6,8,11,23H2,1-4H3,(H,39,40,44)/t33-,37?/m0/s1. The molecule has 2 N–H and O–H groups in total. The normalized spacial score (nSPS) is 14.5. The number of esters is 1. The molecule has 1 aliphatic rings. The van der Waals surface area contributed by atoms with Crippen LogP contribution in [0.25, 0.3) is 11.3 Å². The summed E-state index contributed by atoms with van der Waals surface area (Å²) < 4.78 is 4.96. The number of anilines is 1. The van der Waals surface area contributed by atoms with Crippen LogP contribution in [-0.4, -0.2) is 50.9 Å². The molecular formula is C37H40N4O5. The summed E-state index contributed by atoms with van der Waals surface area (Å²) in [6.45, 7) is 6.24. The zero-order valence-corrected chi connectivity index (χ0v) is 26.7. The first-order valence-electron chi connectivity index (χ1n) is 15.7. The molecule has 4 aromatic rings. The fourth-order valence-corrected chi connectivity index (χ4v) is 5.94. The molecule has 0 fully saturated rings. The maximum absolute atomic E-state index is 13.7. The third-order valence-corrected chi connectivity index (χ3v) is 8.50. The van der Waals surface area contributed by atoms with E-state index in [-0.39, 0.29) is 17.6 Å². The van der Waals surface area contributed by atoms with E-state index in [1.54, 1.807) is 47.4 Å². The van der Waals surface area contributed by atoms with Gasteiger partial charge in [0.2, 0.25) is 0 Å². The molecule has 2 amide bonds. The maximum Gasteiger partial charge on any atom is 0.328 e. The second-order valence-corrected chi connectivity index (χ2v) is 12.0. The number of aromatic nitrogens is 2. The molecule has 0 aliphatic carbocycles. The minimum Gasteiger partial charge on any atom is -0.467 e. The zero-order valence-electron chi connectivity index (χ0n) is 26.7. The van der Waals surface area contributed by atoms with Gasteiger partial charge in [0.05, 0.1) is 25.2 Å². The van der Waals surface area contributed by atoms with E-state index in [0.717, 1.165) is 36.8 Å². The van der Waals surface area contributed by atoms with Crippen LogP contribution in [0.15, 0.2) is 85.2 Å². The first-order valence-corrected chi connectivity index (χ1v) is 15.7. The number of nitrogens with one attached hydrogen (secondary N) is 1. The lowest BCUT2D eigenvalue weighted by Crippen LogP contribution is -2.45. The number of ether oxygens (including phenoxy) is 1. The number of hydrogen-bond acceptors (Lipinski definition) is 7. The van der Waals surface area contributed by atoms with Gasteiger partial charge in [0.15, 0.2) is 11.4 Å². The van der Waals surface area contributed by atoms with Gasteiger partial charge < -0.3 is 20.1 Å². The average molecular weight is 621 g/mol. The molecule has 1 unspecified atom stereocenters. The Bertz CT molecular complexity index is 1690. The predicted octanol–water partition coefficient (Wildman–Crippen LogP) is 5.90. The van der Waals surface area contributed by atoms with Gasteiger partial charge in [-0.2, -0.15) is 0 Å². The quantitative estimate of drug-likeness (QED) is 0.149. The van der Waals surface area contributed by atoms with Crippen molar-refractivity contribution in [2.24, 2.45) is 5.92 Å². The van der Waals surface area contributed by atoms with Crippen LogP contribution in [0.3, 0.4) is 0 Å². The van der Waals surface area contributed by atoms with Crippen molar-refractivity contribution in [3.63, 3.8) is 0 Å². The summed E-state index contributed by atoms with van der Waals surface area (Å²) in [7, 11) is 1.32. The smallest absolute Gasteiger partial charge is 0.328 e. The van der Waals surface area contributed by atoms with E-state index in [4.69, 9.17) is 4.74 Å². The van der Waals surface area contributed by atoms with Crippen molar-refractivity contribution in [2.45, 2.75) is 64.6 Å². The molecule has 46 heavy (non-hydrogen) atoms. The van der Waals surface area contributed by atoms with E-state index in [1.807, 2.05) is 44.2 Å². The summed E-state index contributed by atoms with van der Waals surface area (Å²) in [4.78, 5) is 50.0. The molecule has 1 aromatic heterocycles. The van der Waals surface area contributed by atoms with Gasteiger partial charge in [-0.25, -0.2) is 9.78 Å². The van der Waals surface area contributed by atoms with Crippen molar-refractivity contribution in [3.05, 3.63) is 113 Å². The van der Waals surface area contributed by atoms with Crippen LogP contribution < -0.4 is 5.32 Å². The van der Waals surface area contributed by atoms with E-state index >= 15 is 0 Å². The van der Waals surface area contributed by atoms with Crippen LogP contribution in [0.1, 0.15) is 72.6 Å². The molecule has 0 spiro atoms.